The molecule has 3 rings (SSSR count). The van der Waals surface area contributed by atoms with Gasteiger partial charge in [0.2, 0.25) is 0 Å². The van der Waals surface area contributed by atoms with E-state index in [1.54, 1.807) is 24.3 Å². The van der Waals surface area contributed by atoms with Crippen LogP contribution in [0.1, 0.15) is 23.6 Å². The molecule has 8 heteroatoms. The average Bonchev–Trinajstić information content (AvgIpc) is 2.85. The first-order chi connectivity index (χ1) is 17.3. The maximum Gasteiger partial charge on any atom is 0.266 e. The van der Waals surface area contributed by atoms with Gasteiger partial charge in [-0.2, -0.15) is 5.26 Å². The summed E-state index contributed by atoms with van der Waals surface area (Å²) in [5.41, 5.74) is 3.90. The van der Waals surface area contributed by atoms with Crippen LogP contribution in [-0.4, -0.2) is 25.0 Å². The maximum atomic E-state index is 12.6. The van der Waals surface area contributed by atoms with Crippen molar-refractivity contribution in [2.45, 2.75) is 20.8 Å². The fourth-order valence-corrected chi connectivity index (χ4v) is 3.77. The highest BCUT2D eigenvalue weighted by atomic mass is 79.9. The second-order valence-electron chi connectivity index (χ2n) is 7.96. The molecule has 0 unspecified atom stereocenters. The summed E-state index contributed by atoms with van der Waals surface area (Å²) in [6.45, 7) is 5.86. The smallest absolute Gasteiger partial charge is 0.266 e. The van der Waals surface area contributed by atoms with Gasteiger partial charge in [-0.05, 0) is 84.7 Å². The van der Waals surface area contributed by atoms with Crippen LogP contribution < -0.4 is 20.1 Å². The molecular formula is C28H26BrN3O4. The molecule has 0 aliphatic carbocycles. The number of carbonyl (C=O) groups is 2. The number of rotatable bonds is 9. The summed E-state index contributed by atoms with van der Waals surface area (Å²) in [7, 11) is 0. The van der Waals surface area contributed by atoms with Crippen LogP contribution >= 0.6 is 15.9 Å². The van der Waals surface area contributed by atoms with Gasteiger partial charge in [-0.1, -0.05) is 35.4 Å². The van der Waals surface area contributed by atoms with Crippen molar-refractivity contribution in [3.8, 4) is 17.6 Å². The fraction of sp³-hybridized carbons (Fsp3) is 0.179. The summed E-state index contributed by atoms with van der Waals surface area (Å²) in [6, 6.07) is 20.0. The lowest BCUT2D eigenvalue weighted by Gasteiger charge is -2.15. The molecule has 0 aliphatic heterocycles. The molecule has 0 heterocycles. The number of benzene rings is 3. The van der Waals surface area contributed by atoms with E-state index in [0.29, 0.717) is 39.5 Å². The van der Waals surface area contributed by atoms with E-state index in [4.69, 9.17) is 9.47 Å². The topological polar surface area (TPSA) is 100 Å². The lowest BCUT2D eigenvalue weighted by atomic mass is 10.1. The molecule has 3 aromatic carbocycles. The number of nitrogens with one attached hydrogen (secondary N) is 2. The molecule has 0 bridgehead atoms. The van der Waals surface area contributed by atoms with Gasteiger partial charge in [-0.15, -0.1) is 0 Å². The van der Waals surface area contributed by atoms with Crippen LogP contribution in [-0.2, 0) is 9.59 Å². The monoisotopic (exact) mass is 547 g/mol. The van der Waals surface area contributed by atoms with E-state index in [0.717, 1.165) is 11.1 Å². The summed E-state index contributed by atoms with van der Waals surface area (Å²) in [6.07, 6.45) is 1.46. The van der Waals surface area contributed by atoms with Crippen molar-refractivity contribution in [1.29, 1.82) is 5.26 Å². The van der Waals surface area contributed by atoms with Crippen molar-refractivity contribution < 1.29 is 19.1 Å². The minimum Gasteiger partial charge on any atom is -0.490 e. The zero-order valence-electron chi connectivity index (χ0n) is 20.2. The maximum absolute atomic E-state index is 12.6. The summed E-state index contributed by atoms with van der Waals surface area (Å²) in [5, 5.41) is 15.1. The molecule has 36 heavy (non-hydrogen) atoms. The number of ether oxygens (including phenoxy) is 2. The quantitative estimate of drug-likeness (QED) is 0.251. The lowest BCUT2D eigenvalue weighted by molar-refractivity contribution is -0.118. The summed E-state index contributed by atoms with van der Waals surface area (Å²) < 4.78 is 12.0. The molecule has 0 fully saturated rings. The van der Waals surface area contributed by atoms with E-state index in [1.807, 2.05) is 63.2 Å². The largest absolute Gasteiger partial charge is 0.490 e. The molecule has 0 spiro atoms. The Labute approximate surface area is 218 Å². The Morgan fingerprint density at radius 1 is 0.944 bits per heavy atom. The first kappa shape index (κ1) is 26.5. The van der Waals surface area contributed by atoms with E-state index >= 15 is 0 Å². The van der Waals surface area contributed by atoms with Gasteiger partial charge in [0.15, 0.2) is 18.1 Å². The molecule has 184 valence electrons. The minimum absolute atomic E-state index is 0.0731. The fourth-order valence-electron chi connectivity index (χ4n) is 3.20. The predicted octanol–water partition coefficient (Wildman–Crippen LogP) is 6.03. The van der Waals surface area contributed by atoms with E-state index < -0.39 is 5.91 Å². The number of hydrogen-bond acceptors (Lipinski definition) is 5. The molecule has 0 aliphatic rings. The molecule has 7 nitrogen and oxygen atoms in total. The zero-order chi connectivity index (χ0) is 26.1. The lowest BCUT2D eigenvalue weighted by Crippen LogP contribution is -2.20. The number of anilines is 2. The van der Waals surface area contributed by atoms with Crippen LogP contribution in [0.3, 0.4) is 0 Å². The van der Waals surface area contributed by atoms with E-state index in [9.17, 15) is 14.9 Å². The van der Waals surface area contributed by atoms with Crippen molar-refractivity contribution in [3.05, 3.63) is 87.4 Å². The van der Waals surface area contributed by atoms with Gasteiger partial charge < -0.3 is 20.1 Å². The highest BCUT2D eigenvalue weighted by Crippen LogP contribution is 2.37. The molecule has 2 amide bonds. The summed E-state index contributed by atoms with van der Waals surface area (Å²) in [4.78, 5) is 25.0. The van der Waals surface area contributed by atoms with Crippen molar-refractivity contribution in [1.82, 2.24) is 0 Å². The summed E-state index contributed by atoms with van der Waals surface area (Å²) >= 11 is 3.45. The van der Waals surface area contributed by atoms with Gasteiger partial charge >= 0.3 is 0 Å². The third-order valence-electron chi connectivity index (χ3n) is 5.00. The highest BCUT2D eigenvalue weighted by molar-refractivity contribution is 9.10. The molecular weight excluding hydrogens is 522 g/mol. The Morgan fingerprint density at radius 2 is 1.53 bits per heavy atom. The highest BCUT2D eigenvalue weighted by Gasteiger charge is 2.16. The first-order valence-electron chi connectivity index (χ1n) is 11.2. The van der Waals surface area contributed by atoms with Gasteiger partial charge in [0.25, 0.3) is 11.8 Å². The number of hydrogen-bond donors (Lipinski definition) is 2. The molecule has 0 saturated carbocycles. The third-order valence-corrected chi connectivity index (χ3v) is 5.59. The van der Waals surface area contributed by atoms with E-state index in [1.165, 1.54) is 6.08 Å². The minimum atomic E-state index is -0.525. The number of amides is 2. The predicted molar refractivity (Wildman–Crippen MR) is 144 cm³/mol. The van der Waals surface area contributed by atoms with Gasteiger partial charge in [-0.25, -0.2) is 0 Å². The number of aryl methyl sites for hydroxylation is 2. The molecule has 0 aromatic heterocycles. The Bertz CT molecular complexity index is 1310. The molecule has 0 radical (unpaired) electrons. The van der Waals surface area contributed by atoms with Gasteiger partial charge in [0, 0.05) is 11.4 Å². The Balaban J connectivity index is 1.76. The van der Waals surface area contributed by atoms with Crippen molar-refractivity contribution in [3.63, 3.8) is 0 Å². The van der Waals surface area contributed by atoms with E-state index in [2.05, 4.69) is 26.6 Å². The molecule has 0 saturated heterocycles. The zero-order valence-corrected chi connectivity index (χ0v) is 21.8. The molecule has 0 atom stereocenters. The van der Waals surface area contributed by atoms with Crippen molar-refractivity contribution in [2.24, 2.45) is 0 Å². The second kappa shape index (κ2) is 12.6. The SMILES string of the molecule is CCOc1cc(/C=C(\C#N)C(=O)Nc2ccc(C)cc2)cc(Br)c1OCC(=O)Nc1ccc(C)cc1. The number of nitrogens with zero attached hydrogens (tertiary/aromatic N) is 1. The Morgan fingerprint density at radius 3 is 2.08 bits per heavy atom. The third kappa shape index (κ3) is 7.45. The first-order valence-corrected chi connectivity index (χ1v) is 12.0. The van der Waals surface area contributed by atoms with Crippen LogP contribution in [0.5, 0.6) is 11.5 Å². The van der Waals surface area contributed by atoms with Crippen LogP contribution in [0.15, 0.2) is 70.7 Å². The summed E-state index contributed by atoms with van der Waals surface area (Å²) in [5.74, 6) is -0.131. The number of halogens is 1. The molecule has 2 N–H and O–H groups in total. The average molecular weight is 548 g/mol. The van der Waals surface area contributed by atoms with Crippen LogP contribution in [0, 0.1) is 25.2 Å². The van der Waals surface area contributed by atoms with Crippen molar-refractivity contribution in [2.75, 3.05) is 23.8 Å². The second-order valence-corrected chi connectivity index (χ2v) is 8.81. The Hall–Kier alpha value is -4.09. The van der Waals surface area contributed by atoms with Crippen LogP contribution in [0.25, 0.3) is 6.08 Å². The van der Waals surface area contributed by atoms with Crippen molar-refractivity contribution >= 4 is 45.2 Å². The Kier molecular flexibility index (Phi) is 9.25. The van der Waals surface area contributed by atoms with Crippen LogP contribution in [0.2, 0.25) is 0 Å². The van der Waals surface area contributed by atoms with Crippen LogP contribution in [0.4, 0.5) is 11.4 Å². The number of carbonyl (C=O) groups excluding carboxylic acids is 2. The number of nitriles is 1. The standard InChI is InChI=1S/C28H26BrN3O4/c1-4-35-25-15-20(13-21(16-30)28(34)32-23-11-7-19(3)8-12-23)14-24(29)27(25)36-17-26(33)31-22-9-5-18(2)6-10-22/h5-15H,4,17H2,1-3H3,(H,31,33)(H,32,34)/b21-13+. The van der Waals surface area contributed by atoms with E-state index in [-0.39, 0.29) is 18.1 Å². The van der Waals surface area contributed by atoms with Gasteiger partial charge in [0.05, 0.1) is 11.1 Å². The van der Waals surface area contributed by atoms with Gasteiger partial charge in [-0.3, -0.25) is 9.59 Å². The molecule has 3 aromatic rings. The van der Waals surface area contributed by atoms with Gasteiger partial charge in [0.1, 0.15) is 11.6 Å². The normalized spacial score (nSPS) is 10.8.